The molecule has 0 aliphatic carbocycles. The van der Waals surface area contributed by atoms with Crippen LogP contribution in [0.15, 0.2) is 6.20 Å². The van der Waals surface area contributed by atoms with Crippen LogP contribution in [-0.2, 0) is 18.4 Å². The van der Waals surface area contributed by atoms with Crippen LogP contribution < -0.4 is 0 Å². The van der Waals surface area contributed by atoms with E-state index in [2.05, 4.69) is 9.88 Å². The third-order valence-corrected chi connectivity index (χ3v) is 3.81. The molecule has 5 nitrogen and oxygen atoms in total. The van der Waals surface area contributed by atoms with Gasteiger partial charge in [-0.3, -0.25) is 9.69 Å². The second kappa shape index (κ2) is 5.28. The van der Waals surface area contributed by atoms with Crippen molar-refractivity contribution in [2.24, 2.45) is 7.05 Å². The van der Waals surface area contributed by atoms with Crippen molar-refractivity contribution in [1.82, 2.24) is 19.4 Å². The maximum absolute atomic E-state index is 12.1. The standard InChI is InChI=1S/C12H19ClN4O/c1-15(2)12(18)9-5-4-6-17(9)8-11-14-7-10(13)16(11)3/h7,9H,4-6,8H2,1-3H3/t9-/m1/s1. The number of halogens is 1. The molecule has 2 heterocycles. The van der Waals surface area contributed by atoms with Gasteiger partial charge in [0.05, 0.1) is 18.8 Å². The second-order valence-corrected chi connectivity index (χ2v) is 5.30. The van der Waals surface area contributed by atoms with E-state index in [9.17, 15) is 4.79 Å². The molecule has 1 aliphatic heterocycles. The first kappa shape index (κ1) is 13.4. The molecule has 1 aliphatic rings. The van der Waals surface area contributed by atoms with Crippen molar-refractivity contribution >= 4 is 17.5 Å². The molecule has 1 atom stereocenters. The Balaban J connectivity index is 2.09. The van der Waals surface area contributed by atoms with Crippen LogP contribution in [0.25, 0.3) is 0 Å². The van der Waals surface area contributed by atoms with Crippen LogP contribution >= 0.6 is 11.6 Å². The van der Waals surface area contributed by atoms with Crippen LogP contribution in [0.2, 0.25) is 5.15 Å². The molecule has 6 heteroatoms. The molecule has 0 saturated carbocycles. The van der Waals surface area contributed by atoms with Gasteiger partial charge in [-0.15, -0.1) is 0 Å². The van der Waals surface area contributed by atoms with Crippen molar-refractivity contribution in [2.75, 3.05) is 20.6 Å². The summed E-state index contributed by atoms with van der Waals surface area (Å²) in [7, 11) is 5.50. The number of amides is 1. The van der Waals surface area contributed by atoms with Crippen molar-refractivity contribution in [3.05, 3.63) is 17.2 Å². The van der Waals surface area contributed by atoms with E-state index in [0.29, 0.717) is 11.7 Å². The normalized spacial score (nSPS) is 20.3. The minimum absolute atomic E-state index is 0.0181. The zero-order valence-corrected chi connectivity index (χ0v) is 11.8. The largest absolute Gasteiger partial charge is 0.347 e. The Morgan fingerprint density at radius 3 is 2.89 bits per heavy atom. The molecule has 0 spiro atoms. The summed E-state index contributed by atoms with van der Waals surface area (Å²) < 4.78 is 1.86. The Kier molecular flexibility index (Phi) is 3.92. The van der Waals surface area contributed by atoms with E-state index in [-0.39, 0.29) is 11.9 Å². The van der Waals surface area contributed by atoms with E-state index in [1.165, 1.54) is 0 Å². The average molecular weight is 271 g/mol. The highest BCUT2D eigenvalue weighted by atomic mass is 35.5. The van der Waals surface area contributed by atoms with E-state index >= 15 is 0 Å². The smallest absolute Gasteiger partial charge is 0.239 e. The number of nitrogens with zero attached hydrogens (tertiary/aromatic N) is 4. The minimum atomic E-state index is -0.0181. The van der Waals surface area contributed by atoms with Crippen LogP contribution in [-0.4, -0.2) is 51.9 Å². The summed E-state index contributed by atoms with van der Waals surface area (Å²) in [6.45, 7) is 1.61. The fourth-order valence-corrected chi connectivity index (χ4v) is 2.49. The van der Waals surface area contributed by atoms with Crippen LogP contribution in [0.3, 0.4) is 0 Å². The highest BCUT2D eigenvalue weighted by molar-refractivity contribution is 6.29. The third-order valence-electron chi connectivity index (χ3n) is 3.46. The maximum Gasteiger partial charge on any atom is 0.239 e. The molecule has 0 aromatic carbocycles. The van der Waals surface area contributed by atoms with E-state index in [1.54, 1.807) is 25.2 Å². The van der Waals surface area contributed by atoms with Gasteiger partial charge in [-0.25, -0.2) is 4.98 Å². The van der Waals surface area contributed by atoms with Gasteiger partial charge < -0.3 is 9.47 Å². The summed E-state index contributed by atoms with van der Waals surface area (Å²) in [4.78, 5) is 20.2. The number of carbonyl (C=O) groups is 1. The van der Waals surface area contributed by atoms with Crippen molar-refractivity contribution < 1.29 is 4.79 Å². The van der Waals surface area contributed by atoms with Crippen molar-refractivity contribution in [2.45, 2.75) is 25.4 Å². The number of carbonyl (C=O) groups excluding carboxylic acids is 1. The quantitative estimate of drug-likeness (QED) is 0.827. The number of imidazole rings is 1. The lowest BCUT2D eigenvalue weighted by atomic mass is 10.2. The van der Waals surface area contributed by atoms with E-state index < -0.39 is 0 Å². The number of likely N-dealkylation sites (N-methyl/N-ethyl adjacent to an activating group) is 1. The van der Waals surface area contributed by atoms with Gasteiger partial charge in [0.15, 0.2) is 0 Å². The summed E-state index contributed by atoms with van der Waals surface area (Å²) in [6.07, 6.45) is 3.63. The molecule has 1 saturated heterocycles. The molecule has 1 amide bonds. The van der Waals surface area contributed by atoms with Gasteiger partial charge in [-0.05, 0) is 19.4 Å². The Labute approximate surface area is 112 Å². The van der Waals surface area contributed by atoms with Gasteiger partial charge in [0.2, 0.25) is 5.91 Å². The summed E-state index contributed by atoms with van der Waals surface area (Å²) in [6, 6.07) is -0.0181. The molecule has 0 N–H and O–H groups in total. The third kappa shape index (κ3) is 2.52. The van der Waals surface area contributed by atoms with Gasteiger partial charge >= 0.3 is 0 Å². The lowest BCUT2D eigenvalue weighted by Gasteiger charge is -2.25. The lowest BCUT2D eigenvalue weighted by Crippen LogP contribution is -2.42. The Hall–Kier alpha value is -1.07. The van der Waals surface area contributed by atoms with Crippen LogP contribution in [0.5, 0.6) is 0 Å². The van der Waals surface area contributed by atoms with E-state index in [0.717, 1.165) is 25.2 Å². The highest BCUT2D eigenvalue weighted by Crippen LogP contribution is 2.21. The van der Waals surface area contributed by atoms with Crippen molar-refractivity contribution in [3.8, 4) is 0 Å². The first-order chi connectivity index (χ1) is 8.50. The summed E-state index contributed by atoms with van der Waals surface area (Å²) in [5.41, 5.74) is 0. The molecule has 18 heavy (non-hydrogen) atoms. The zero-order valence-electron chi connectivity index (χ0n) is 11.1. The molecule has 0 radical (unpaired) electrons. The number of likely N-dealkylation sites (tertiary alicyclic amines) is 1. The molecule has 1 fully saturated rings. The zero-order chi connectivity index (χ0) is 13.3. The second-order valence-electron chi connectivity index (χ2n) is 4.92. The summed E-state index contributed by atoms with van der Waals surface area (Å²) in [5.74, 6) is 1.08. The summed E-state index contributed by atoms with van der Waals surface area (Å²) in [5, 5.41) is 0.625. The number of hydrogen-bond acceptors (Lipinski definition) is 3. The van der Waals surface area contributed by atoms with E-state index in [4.69, 9.17) is 11.6 Å². The summed E-state index contributed by atoms with van der Waals surface area (Å²) >= 11 is 5.97. The Bertz CT molecular complexity index is 443. The number of hydrogen-bond donors (Lipinski definition) is 0. The Morgan fingerprint density at radius 2 is 2.33 bits per heavy atom. The van der Waals surface area contributed by atoms with Crippen LogP contribution in [0, 0.1) is 0 Å². The molecule has 1 aromatic rings. The van der Waals surface area contributed by atoms with Crippen molar-refractivity contribution in [3.63, 3.8) is 0 Å². The van der Waals surface area contributed by atoms with Gasteiger partial charge in [0, 0.05) is 21.1 Å². The molecule has 0 unspecified atom stereocenters. The van der Waals surface area contributed by atoms with Gasteiger partial charge in [0.25, 0.3) is 0 Å². The van der Waals surface area contributed by atoms with Gasteiger partial charge in [-0.1, -0.05) is 11.6 Å². The minimum Gasteiger partial charge on any atom is -0.347 e. The molecule has 1 aromatic heterocycles. The number of rotatable bonds is 3. The van der Waals surface area contributed by atoms with Crippen molar-refractivity contribution in [1.29, 1.82) is 0 Å². The predicted octanol–water partition coefficient (Wildman–Crippen LogP) is 1.13. The number of aromatic nitrogens is 2. The molecular weight excluding hydrogens is 252 g/mol. The average Bonchev–Trinajstić information content (AvgIpc) is 2.90. The SMILES string of the molecule is CN(C)C(=O)[C@H]1CCCN1Cc1ncc(Cl)n1C. The van der Waals surface area contributed by atoms with Gasteiger partial charge in [-0.2, -0.15) is 0 Å². The van der Waals surface area contributed by atoms with E-state index in [1.807, 2.05) is 11.6 Å². The Morgan fingerprint density at radius 1 is 1.61 bits per heavy atom. The molecule has 2 rings (SSSR count). The fourth-order valence-electron chi connectivity index (χ4n) is 2.35. The monoisotopic (exact) mass is 270 g/mol. The topological polar surface area (TPSA) is 41.4 Å². The fraction of sp³-hybridized carbons (Fsp3) is 0.667. The first-order valence-electron chi connectivity index (χ1n) is 6.12. The predicted molar refractivity (Wildman–Crippen MR) is 70.3 cm³/mol. The van der Waals surface area contributed by atoms with Gasteiger partial charge in [0.1, 0.15) is 11.0 Å². The molecular formula is C12H19ClN4O. The van der Waals surface area contributed by atoms with Crippen LogP contribution in [0.1, 0.15) is 18.7 Å². The maximum atomic E-state index is 12.1. The lowest BCUT2D eigenvalue weighted by molar-refractivity contribution is -0.133. The van der Waals surface area contributed by atoms with Crippen LogP contribution in [0.4, 0.5) is 0 Å². The molecule has 100 valence electrons. The molecule has 0 bridgehead atoms. The first-order valence-corrected chi connectivity index (χ1v) is 6.50. The highest BCUT2D eigenvalue weighted by Gasteiger charge is 2.32.